The van der Waals surface area contributed by atoms with Crippen LogP contribution in [0.15, 0.2) is 46.3 Å². The molecule has 0 radical (unpaired) electrons. The van der Waals surface area contributed by atoms with Gasteiger partial charge in [0.1, 0.15) is 5.75 Å². The fraction of sp³-hybridized carbons (Fsp3) is 0.278. The number of amides is 2. The van der Waals surface area contributed by atoms with Crippen molar-refractivity contribution >= 4 is 27.5 Å². The van der Waals surface area contributed by atoms with E-state index in [0.29, 0.717) is 0 Å². The van der Waals surface area contributed by atoms with Crippen LogP contribution in [0, 0.1) is 0 Å². The summed E-state index contributed by atoms with van der Waals surface area (Å²) in [4.78, 5) is 26.7. The molecule has 0 aliphatic heterocycles. The van der Waals surface area contributed by atoms with Gasteiger partial charge < -0.3 is 15.6 Å². The van der Waals surface area contributed by atoms with Gasteiger partial charge in [0, 0.05) is 6.20 Å². The first-order chi connectivity index (χ1) is 14.5. The Balaban J connectivity index is 2.38. The zero-order valence-corrected chi connectivity index (χ0v) is 17.8. The number of halogens is 3. The maximum absolute atomic E-state index is 12.8. The third-order valence-corrected chi connectivity index (χ3v) is 5.59. The van der Waals surface area contributed by atoms with Gasteiger partial charge in [-0.3, -0.25) is 4.79 Å². The van der Waals surface area contributed by atoms with Gasteiger partial charge in [0.15, 0.2) is 5.69 Å². The Labute approximate surface area is 180 Å². The predicted octanol–water partition coefficient (Wildman–Crippen LogP) is 2.82. The number of hydrogen-bond acceptors (Lipinski definition) is 7. The third-order valence-electron chi connectivity index (χ3n) is 3.85. The maximum Gasteiger partial charge on any atom is 0.573 e. The minimum atomic E-state index is -4.93. The van der Waals surface area contributed by atoms with E-state index in [0.717, 1.165) is 41.5 Å². The van der Waals surface area contributed by atoms with Gasteiger partial charge in [-0.25, -0.2) is 28.6 Å². The Bertz CT molecular complexity index is 1130. The van der Waals surface area contributed by atoms with E-state index in [1.807, 2.05) is 5.43 Å². The minimum Gasteiger partial charge on any atom is -0.464 e. The summed E-state index contributed by atoms with van der Waals surface area (Å²) in [5, 5.41) is 9.73. The van der Waals surface area contributed by atoms with E-state index < -0.39 is 50.1 Å². The van der Waals surface area contributed by atoms with Crippen molar-refractivity contribution in [1.82, 2.24) is 15.4 Å². The summed E-state index contributed by atoms with van der Waals surface area (Å²) < 4.78 is 66.0. The molecule has 0 saturated heterocycles. The Morgan fingerprint density at radius 2 is 1.69 bits per heavy atom. The van der Waals surface area contributed by atoms with Crippen LogP contribution in [0.25, 0.3) is 0 Å². The van der Waals surface area contributed by atoms with Crippen molar-refractivity contribution in [1.29, 1.82) is 0 Å². The molecule has 0 fully saturated rings. The van der Waals surface area contributed by atoms with Crippen molar-refractivity contribution in [3.8, 4) is 5.75 Å². The number of pyridine rings is 1. The number of carboxylic acid groups (broad SMARTS) is 1. The molecule has 2 rings (SSSR count). The Kier molecular flexibility index (Phi) is 6.59. The predicted molar refractivity (Wildman–Crippen MR) is 104 cm³/mol. The number of nitrogens with one attached hydrogen (secondary N) is 1. The van der Waals surface area contributed by atoms with Gasteiger partial charge in [-0.1, -0.05) is 0 Å². The minimum absolute atomic E-state index is 0.352. The second-order valence-corrected chi connectivity index (χ2v) is 9.31. The molecule has 174 valence electrons. The average molecular weight is 476 g/mol. The monoisotopic (exact) mass is 476 g/mol. The van der Waals surface area contributed by atoms with E-state index in [1.165, 1.54) is 0 Å². The van der Waals surface area contributed by atoms with Crippen molar-refractivity contribution in [2.75, 3.05) is 5.73 Å². The van der Waals surface area contributed by atoms with Gasteiger partial charge in [0.05, 0.1) is 21.0 Å². The number of hydrazine groups is 1. The summed E-state index contributed by atoms with van der Waals surface area (Å²) in [6.45, 7) is 4.63. The summed E-state index contributed by atoms with van der Waals surface area (Å²) >= 11 is 0. The summed E-state index contributed by atoms with van der Waals surface area (Å²) in [6, 6.07) is 4.41. The van der Waals surface area contributed by atoms with Crippen molar-refractivity contribution in [2.24, 2.45) is 0 Å². The van der Waals surface area contributed by atoms with E-state index in [1.54, 1.807) is 20.8 Å². The van der Waals surface area contributed by atoms with Crippen molar-refractivity contribution in [2.45, 2.75) is 42.5 Å². The largest absolute Gasteiger partial charge is 0.573 e. The van der Waals surface area contributed by atoms with Crippen LogP contribution in [-0.4, -0.2) is 47.4 Å². The van der Waals surface area contributed by atoms with E-state index in [4.69, 9.17) is 10.8 Å². The number of hydrogen-bond donors (Lipinski definition) is 3. The topological polar surface area (TPSA) is 152 Å². The number of carbonyl (C=O) groups is 2. The van der Waals surface area contributed by atoms with Gasteiger partial charge in [-0.15, -0.1) is 13.2 Å². The molecule has 0 atom stereocenters. The molecule has 1 heterocycles. The summed E-state index contributed by atoms with van der Waals surface area (Å²) in [7, 11) is -4.25. The van der Waals surface area contributed by atoms with Crippen molar-refractivity contribution in [3.63, 3.8) is 0 Å². The maximum atomic E-state index is 12.8. The SMILES string of the molecule is CC(C)(C)N(NC(=O)O)C(=O)c1ncc(S(=O)(=O)c2ccc(OC(F)(F)F)cc2)cc1N. The number of nitrogens with two attached hydrogens (primary N) is 1. The zero-order valence-electron chi connectivity index (χ0n) is 17.0. The van der Waals surface area contributed by atoms with Crippen LogP contribution in [-0.2, 0) is 9.84 Å². The van der Waals surface area contributed by atoms with Crippen LogP contribution in [0.4, 0.5) is 23.7 Å². The van der Waals surface area contributed by atoms with Crippen LogP contribution < -0.4 is 15.9 Å². The normalized spacial score (nSPS) is 12.2. The molecular weight excluding hydrogens is 457 g/mol. The van der Waals surface area contributed by atoms with Crippen molar-refractivity contribution in [3.05, 3.63) is 42.2 Å². The number of anilines is 1. The molecular formula is C18H19F3N4O6S. The van der Waals surface area contributed by atoms with E-state index in [9.17, 15) is 31.2 Å². The number of carbonyl (C=O) groups excluding carboxylic acids is 1. The fourth-order valence-corrected chi connectivity index (χ4v) is 3.71. The molecule has 4 N–H and O–H groups in total. The lowest BCUT2D eigenvalue weighted by Crippen LogP contribution is -2.55. The van der Waals surface area contributed by atoms with E-state index >= 15 is 0 Å². The van der Waals surface area contributed by atoms with Gasteiger partial charge in [0.2, 0.25) is 9.84 Å². The first-order valence-corrected chi connectivity index (χ1v) is 10.2. The highest BCUT2D eigenvalue weighted by molar-refractivity contribution is 7.91. The Hall–Kier alpha value is -3.55. The summed E-state index contributed by atoms with van der Waals surface area (Å²) in [6.07, 6.45) is -5.61. The molecule has 14 heteroatoms. The number of nitrogens with zero attached hydrogens (tertiary/aromatic N) is 2. The molecule has 0 unspecified atom stereocenters. The average Bonchev–Trinajstić information content (AvgIpc) is 2.63. The number of nitrogen functional groups attached to an aromatic ring is 1. The molecule has 2 aromatic rings. The van der Waals surface area contributed by atoms with Crippen molar-refractivity contribution < 1.29 is 41.0 Å². The van der Waals surface area contributed by atoms with Crippen LogP contribution >= 0.6 is 0 Å². The molecule has 32 heavy (non-hydrogen) atoms. The Morgan fingerprint density at radius 1 is 1.12 bits per heavy atom. The third kappa shape index (κ3) is 5.78. The van der Waals surface area contributed by atoms with E-state index in [-0.39, 0.29) is 10.6 Å². The molecule has 2 amide bonds. The molecule has 10 nitrogen and oxygen atoms in total. The molecule has 0 saturated carbocycles. The van der Waals surface area contributed by atoms with E-state index in [2.05, 4.69) is 9.72 Å². The second kappa shape index (κ2) is 8.53. The first-order valence-electron chi connectivity index (χ1n) is 8.73. The van der Waals surface area contributed by atoms with Gasteiger partial charge in [0.25, 0.3) is 5.91 Å². The number of sulfone groups is 1. The number of ether oxygens (including phenoxy) is 1. The molecule has 1 aromatic heterocycles. The number of benzene rings is 1. The van der Waals surface area contributed by atoms with Crippen LogP contribution in [0.1, 0.15) is 31.3 Å². The second-order valence-electron chi connectivity index (χ2n) is 7.36. The van der Waals surface area contributed by atoms with Crippen LogP contribution in [0.5, 0.6) is 5.75 Å². The smallest absolute Gasteiger partial charge is 0.464 e. The number of alkyl halides is 3. The highest BCUT2D eigenvalue weighted by Crippen LogP contribution is 2.28. The molecule has 0 aliphatic carbocycles. The number of aromatic nitrogens is 1. The van der Waals surface area contributed by atoms with Gasteiger partial charge >= 0.3 is 12.5 Å². The molecule has 0 spiro atoms. The summed E-state index contributed by atoms with van der Waals surface area (Å²) in [5.41, 5.74) is 5.98. The summed E-state index contributed by atoms with van der Waals surface area (Å²) in [5.74, 6) is -1.53. The molecule has 0 aliphatic rings. The highest BCUT2D eigenvalue weighted by Gasteiger charge is 2.33. The molecule has 1 aromatic carbocycles. The lowest BCUT2D eigenvalue weighted by Gasteiger charge is -2.34. The lowest BCUT2D eigenvalue weighted by molar-refractivity contribution is -0.274. The fourth-order valence-electron chi connectivity index (χ4n) is 2.47. The quantitative estimate of drug-likeness (QED) is 0.570. The number of rotatable bonds is 4. The van der Waals surface area contributed by atoms with Crippen LogP contribution in [0.2, 0.25) is 0 Å². The highest BCUT2D eigenvalue weighted by atomic mass is 32.2. The lowest BCUT2D eigenvalue weighted by atomic mass is 10.1. The zero-order chi connectivity index (χ0) is 24.5. The van der Waals surface area contributed by atoms with Gasteiger partial charge in [-0.2, -0.15) is 0 Å². The van der Waals surface area contributed by atoms with Crippen LogP contribution in [0.3, 0.4) is 0 Å². The van der Waals surface area contributed by atoms with Gasteiger partial charge in [-0.05, 0) is 51.1 Å². The Morgan fingerprint density at radius 3 is 2.12 bits per heavy atom. The standard InChI is InChI=1S/C18H19F3N4O6S/c1-17(2,3)25(24-16(27)28)15(26)14-13(22)8-12(9-23-14)32(29,30)11-6-4-10(5-7-11)31-18(19,20)21/h4-9,24H,22H2,1-3H3,(H,27,28). The first kappa shape index (κ1) is 24.7. The molecule has 0 bridgehead atoms.